The largest absolute Gasteiger partial charge is 0.333 e. The molecule has 2 rings (SSSR count). The van der Waals surface area contributed by atoms with E-state index in [1.807, 2.05) is 47.8 Å². The van der Waals surface area contributed by atoms with Crippen LogP contribution in [0.4, 0.5) is 5.69 Å². The predicted molar refractivity (Wildman–Crippen MR) is 95.8 cm³/mol. The number of carbonyl (C=O) groups excluding carboxylic acids is 1. The van der Waals surface area contributed by atoms with E-state index in [1.165, 1.54) is 0 Å². The van der Waals surface area contributed by atoms with E-state index in [0.717, 1.165) is 21.8 Å². The predicted octanol–water partition coefficient (Wildman–Crippen LogP) is 3.73. The molecule has 2 aromatic carbocycles. The number of amides is 1. The zero-order valence-electron chi connectivity index (χ0n) is 13.8. The molecule has 0 spiro atoms. The Kier molecular flexibility index (Phi) is 6.20. The van der Waals surface area contributed by atoms with Gasteiger partial charge in [-0.05, 0) is 36.6 Å². The number of carbonyl (C=O) groups is 1. The smallest absolute Gasteiger partial charge is 0.279 e. The quantitative estimate of drug-likeness (QED) is 0.832. The molecule has 0 aromatic heterocycles. The van der Waals surface area contributed by atoms with Gasteiger partial charge in [-0.3, -0.25) is 4.79 Å². The van der Waals surface area contributed by atoms with E-state index >= 15 is 0 Å². The molecule has 3 N–H and O–H groups in total. The van der Waals surface area contributed by atoms with Crippen molar-refractivity contribution >= 4 is 23.2 Å². The SMILES string of the molecule is CC(C)c1ccccc1NC(=O)C[NH2+][C@@H](C)c1ccc(Cl)cc1. The first-order valence-corrected chi connectivity index (χ1v) is 8.32. The van der Waals surface area contributed by atoms with Crippen molar-refractivity contribution in [2.24, 2.45) is 0 Å². The number of rotatable bonds is 6. The van der Waals surface area contributed by atoms with E-state index in [4.69, 9.17) is 11.6 Å². The molecule has 4 heteroatoms. The van der Waals surface area contributed by atoms with Crippen LogP contribution in [0.15, 0.2) is 48.5 Å². The summed E-state index contributed by atoms with van der Waals surface area (Å²) in [6, 6.07) is 15.9. The summed E-state index contributed by atoms with van der Waals surface area (Å²) < 4.78 is 0. The summed E-state index contributed by atoms with van der Waals surface area (Å²) in [6.07, 6.45) is 0. The van der Waals surface area contributed by atoms with Gasteiger partial charge in [0.2, 0.25) is 0 Å². The van der Waals surface area contributed by atoms with E-state index in [1.54, 1.807) is 0 Å². The molecule has 2 aromatic rings. The first-order chi connectivity index (χ1) is 11.0. The van der Waals surface area contributed by atoms with E-state index in [0.29, 0.717) is 12.5 Å². The Labute approximate surface area is 143 Å². The van der Waals surface area contributed by atoms with Crippen LogP contribution >= 0.6 is 11.6 Å². The number of nitrogens with two attached hydrogens (primary N) is 1. The standard InChI is InChI=1S/C19H23ClN2O/c1-13(2)17-6-4-5-7-18(17)22-19(23)12-21-14(3)15-8-10-16(20)11-9-15/h4-11,13-14,21H,12H2,1-3H3,(H,22,23)/p+1/t14-/m0/s1. The molecule has 0 saturated heterocycles. The minimum absolute atomic E-state index is 0.0129. The molecule has 0 saturated carbocycles. The van der Waals surface area contributed by atoms with Gasteiger partial charge in [-0.25, -0.2) is 0 Å². The maximum atomic E-state index is 12.2. The van der Waals surface area contributed by atoms with Gasteiger partial charge in [0.15, 0.2) is 6.54 Å². The van der Waals surface area contributed by atoms with Crippen LogP contribution in [-0.2, 0) is 4.79 Å². The second kappa shape index (κ2) is 8.14. The second-order valence-corrected chi connectivity index (χ2v) is 6.51. The molecule has 0 aliphatic carbocycles. The van der Waals surface area contributed by atoms with Crippen LogP contribution in [0.2, 0.25) is 5.02 Å². The Hall–Kier alpha value is -1.84. The first kappa shape index (κ1) is 17.5. The fraction of sp³-hybridized carbons (Fsp3) is 0.316. The average Bonchev–Trinajstić information content (AvgIpc) is 2.53. The third-order valence-electron chi connectivity index (χ3n) is 3.91. The van der Waals surface area contributed by atoms with Gasteiger partial charge < -0.3 is 10.6 Å². The highest BCUT2D eigenvalue weighted by Gasteiger charge is 2.13. The minimum atomic E-state index is 0.0129. The van der Waals surface area contributed by atoms with Gasteiger partial charge in [-0.15, -0.1) is 0 Å². The molecule has 0 fully saturated rings. The maximum Gasteiger partial charge on any atom is 0.279 e. The Morgan fingerprint density at radius 1 is 1.09 bits per heavy atom. The number of nitrogens with one attached hydrogen (secondary N) is 1. The monoisotopic (exact) mass is 331 g/mol. The van der Waals surface area contributed by atoms with Crippen LogP contribution in [0, 0.1) is 0 Å². The van der Waals surface area contributed by atoms with Crippen molar-refractivity contribution in [3.63, 3.8) is 0 Å². The third kappa shape index (κ3) is 5.08. The Morgan fingerprint density at radius 3 is 2.39 bits per heavy atom. The number of benzene rings is 2. The highest BCUT2D eigenvalue weighted by Crippen LogP contribution is 2.23. The number of halogens is 1. The Balaban J connectivity index is 1.91. The number of hydrogen-bond donors (Lipinski definition) is 2. The Bertz CT molecular complexity index is 653. The fourth-order valence-electron chi connectivity index (χ4n) is 2.50. The zero-order valence-corrected chi connectivity index (χ0v) is 14.6. The van der Waals surface area contributed by atoms with Crippen molar-refractivity contribution in [3.05, 3.63) is 64.7 Å². The number of anilines is 1. The van der Waals surface area contributed by atoms with Crippen LogP contribution in [0.1, 0.15) is 43.9 Å². The van der Waals surface area contributed by atoms with Crippen LogP contribution in [0.25, 0.3) is 0 Å². The summed E-state index contributed by atoms with van der Waals surface area (Å²) in [6.45, 7) is 6.72. The van der Waals surface area contributed by atoms with Crippen LogP contribution in [0.3, 0.4) is 0 Å². The Morgan fingerprint density at radius 2 is 1.74 bits per heavy atom. The molecule has 1 atom stereocenters. The number of hydrogen-bond acceptors (Lipinski definition) is 1. The van der Waals surface area contributed by atoms with E-state index in [-0.39, 0.29) is 11.9 Å². The normalized spacial score (nSPS) is 12.2. The van der Waals surface area contributed by atoms with Crippen molar-refractivity contribution in [2.45, 2.75) is 32.7 Å². The van der Waals surface area contributed by atoms with Gasteiger partial charge in [0.05, 0.1) is 0 Å². The van der Waals surface area contributed by atoms with Crippen molar-refractivity contribution in [1.82, 2.24) is 0 Å². The van der Waals surface area contributed by atoms with E-state index in [2.05, 4.69) is 32.2 Å². The summed E-state index contributed by atoms with van der Waals surface area (Å²) in [5, 5.41) is 5.77. The molecule has 0 radical (unpaired) electrons. The van der Waals surface area contributed by atoms with Crippen molar-refractivity contribution in [3.8, 4) is 0 Å². The molecule has 0 aliphatic rings. The lowest BCUT2D eigenvalue weighted by Crippen LogP contribution is -2.86. The van der Waals surface area contributed by atoms with Gasteiger partial charge in [-0.2, -0.15) is 0 Å². The minimum Gasteiger partial charge on any atom is -0.333 e. The molecule has 0 unspecified atom stereocenters. The summed E-state index contributed by atoms with van der Waals surface area (Å²) in [5.41, 5.74) is 3.22. The van der Waals surface area contributed by atoms with Crippen molar-refractivity contribution in [1.29, 1.82) is 0 Å². The van der Waals surface area contributed by atoms with Gasteiger partial charge in [-0.1, -0.05) is 55.8 Å². The number of quaternary nitrogens is 1. The zero-order chi connectivity index (χ0) is 16.8. The second-order valence-electron chi connectivity index (χ2n) is 6.07. The van der Waals surface area contributed by atoms with Crippen LogP contribution in [-0.4, -0.2) is 12.5 Å². The third-order valence-corrected chi connectivity index (χ3v) is 4.16. The van der Waals surface area contributed by atoms with Gasteiger partial charge >= 0.3 is 0 Å². The van der Waals surface area contributed by atoms with E-state index < -0.39 is 0 Å². The highest BCUT2D eigenvalue weighted by atomic mass is 35.5. The molecule has 122 valence electrons. The van der Waals surface area contributed by atoms with Gasteiger partial charge in [0.25, 0.3) is 5.91 Å². The molecular weight excluding hydrogens is 308 g/mol. The summed E-state index contributed by atoms with van der Waals surface area (Å²) in [5.74, 6) is 0.391. The van der Waals surface area contributed by atoms with Crippen LogP contribution < -0.4 is 10.6 Å². The fourth-order valence-corrected chi connectivity index (χ4v) is 2.63. The lowest BCUT2D eigenvalue weighted by atomic mass is 10.0. The van der Waals surface area contributed by atoms with E-state index in [9.17, 15) is 4.79 Å². The number of para-hydroxylation sites is 1. The topological polar surface area (TPSA) is 45.7 Å². The summed E-state index contributed by atoms with van der Waals surface area (Å²) in [7, 11) is 0. The summed E-state index contributed by atoms with van der Waals surface area (Å²) in [4.78, 5) is 12.2. The molecule has 3 nitrogen and oxygen atoms in total. The molecule has 23 heavy (non-hydrogen) atoms. The van der Waals surface area contributed by atoms with Gasteiger partial charge in [0.1, 0.15) is 6.04 Å². The van der Waals surface area contributed by atoms with Crippen LogP contribution in [0.5, 0.6) is 0 Å². The highest BCUT2D eigenvalue weighted by molar-refractivity contribution is 6.30. The first-order valence-electron chi connectivity index (χ1n) is 7.95. The van der Waals surface area contributed by atoms with Gasteiger partial charge in [0, 0.05) is 16.3 Å². The van der Waals surface area contributed by atoms with Crippen molar-refractivity contribution < 1.29 is 10.1 Å². The molecule has 0 bridgehead atoms. The summed E-state index contributed by atoms with van der Waals surface area (Å²) >= 11 is 5.90. The molecule has 0 heterocycles. The molecule has 1 amide bonds. The van der Waals surface area contributed by atoms with Crippen molar-refractivity contribution in [2.75, 3.05) is 11.9 Å². The lowest BCUT2D eigenvalue weighted by molar-refractivity contribution is -0.682. The lowest BCUT2D eigenvalue weighted by Gasteiger charge is -2.14. The maximum absolute atomic E-state index is 12.2. The molecule has 0 aliphatic heterocycles. The average molecular weight is 332 g/mol. The molecular formula is C19H24ClN2O+.